The Labute approximate surface area is 89.3 Å². The number of hydrogen-bond acceptors (Lipinski definition) is 2. The second-order valence-electron chi connectivity index (χ2n) is 4.34. The monoisotopic (exact) mass is 214 g/mol. The summed E-state index contributed by atoms with van der Waals surface area (Å²) in [6.45, 7) is 2.00. The number of carboxylic acid groups (broad SMARTS) is 2. The highest BCUT2D eigenvalue weighted by Crippen LogP contribution is 2.36. The predicted molar refractivity (Wildman–Crippen MR) is 54.5 cm³/mol. The molecule has 86 valence electrons. The Kier molecular flexibility index (Phi) is 4.12. The molecule has 0 aromatic rings. The molecule has 0 radical (unpaired) electrons. The van der Waals surface area contributed by atoms with Gasteiger partial charge in [0.2, 0.25) is 0 Å². The van der Waals surface area contributed by atoms with Crippen molar-refractivity contribution in [2.45, 2.75) is 39.0 Å². The summed E-state index contributed by atoms with van der Waals surface area (Å²) < 4.78 is 0. The van der Waals surface area contributed by atoms with Gasteiger partial charge in [-0.05, 0) is 31.6 Å². The summed E-state index contributed by atoms with van der Waals surface area (Å²) >= 11 is 0. The van der Waals surface area contributed by atoms with E-state index in [1.807, 2.05) is 6.92 Å². The van der Waals surface area contributed by atoms with E-state index in [1.165, 1.54) is 0 Å². The van der Waals surface area contributed by atoms with E-state index in [0.717, 1.165) is 12.8 Å². The lowest BCUT2D eigenvalue weighted by Gasteiger charge is -2.31. The molecule has 3 atom stereocenters. The summed E-state index contributed by atoms with van der Waals surface area (Å²) in [4.78, 5) is 21.8. The predicted octanol–water partition coefficient (Wildman–Crippen LogP) is 1.99. The molecule has 15 heavy (non-hydrogen) atoms. The number of carbonyl (C=O) groups is 2. The van der Waals surface area contributed by atoms with Crippen molar-refractivity contribution >= 4 is 11.9 Å². The van der Waals surface area contributed by atoms with Crippen molar-refractivity contribution in [2.75, 3.05) is 0 Å². The second kappa shape index (κ2) is 5.14. The third-order valence-electron chi connectivity index (χ3n) is 3.31. The summed E-state index contributed by atoms with van der Waals surface area (Å²) in [6, 6.07) is 0. The smallest absolute Gasteiger partial charge is 0.306 e. The van der Waals surface area contributed by atoms with Gasteiger partial charge in [0.05, 0.1) is 11.8 Å². The van der Waals surface area contributed by atoms with Crippen LogP contribution in [0.15, 0.2) is 0 Å². The third-order valence-corrected chi connectivity index (χ3v) is 3.31. The lowest BCUT2D eigenvalue weighted by molar-refractivity contribution is -0.151. The van der Waals surface area contributed by atoms with E-state index in [4.69, 9.17) is 10.2 Å². The highest BCUT2D eigenvalue weighted by Gasteiger charge is 2.36. The van der Waals surface area contributed by atoms with Gasteiger partial charge >= 0.3 is 11.9 Å². The summed E-state index contributed by atoms with van der Waals surface area (Å²) in [7, 11) is 0. The van der Waals surface area contributed by atoms with Crippen LogP contribution in [-0.2, 0) is 9.59 Å². The maximum atomic E-state index is 11.0. The largest absolute Gasteiger partial charge is 0.481 e. The standard InChI is InChI=1S/C11H18O4/c1-2-3-7-6-8(10(12)13)4-5-9(7)11(14)15/h7-9H,2-6H2,1H3,(H,12,13)(H,14,15). The van der Waals surface area contributed by atoms with Crippen LogP contribution in [0, 0.1) is 17.8 Å². The molecule has 1 rings (SSSR count). The van der Waals surface area contributed by atoms with Gasteiger partial charge < -0.3 is 10.2 Å². The molecule has 0 aromatic heterocycles. The van der Waals surface area contributed by atoms with Crippen LogP contribution >= 0.6 is 0 Å². The Balaban J connectivity index is 2.64. The van der Waals surface area contributed by atoms with Gasteiger partial charge in [-0.2, -0.15) is 0 Å². The Bertz CT molecular complexity index is 249. The summed E-state index contributed by atoms with van der Waals surface area (Å²) in [5, 5.41) is 17.9. The lowest BCUT2D eigenvalue weighted by atomic mass is 9.72. The highest BCUT2D eigenvalue weighted by atomic mass is 16.4. The Morgan fingerprint density at radius 1 is 1.20 bits per heavy atom. The van der Waals surface area contributed by atoms with Crippen LogP contribution in [0.4, 0.5) is 0 Å². The van der Waals surface area contributed by atoms with Gasteiger partial charge in [-0.15, -0.1) is 0 Å². The molecule has 0 saturated heterocycles. The number of aliphatic carboxylic acids is 2. The van der Waals surface area contributed by atoms with Crippen LogP contribution in [0.1, 0.15) is 39.0 Å². The van der Waals surface area contributed by atoms with Crippen LogP contribution in [0.2, 0.25) is 0 Å². The van der Waals surface area contributed by atoms with Crippen molar-refractivity contribution in [3.63, 3.8) is 0 Å². The molecule has 0 aliphatic heterocycles. The zero-order valence-corrected chi connectivity index (χ0v) is 8.98. The lowest BCUT2D eigenvalue weighted by Crippen LogP contribution is -2.33. The minimum Gasteiger partial charge on any atom is -0.481 e. The van der Waals surface area contributed by atoms with Crippen LogP contribution in [-0.4, -0.2) is 22.2 Å². The van der Waals surface area contributed by atoms with Gasteiger partial charge in [-0.3, -0.25) is 9.59 Å². The van der Waals surface area contributed by atoms with Crippen LogP contribution in [0.25, 0.3) is 0 Å². The van der Waals surface area contributed by atoms with Crippen molar-refractivity contribution < 1.29 is 19.8 Å². The molecule has 0 aromatic carbocycles. The number of rotatable bonds is 4. The van der Waals surface area contributed by atoms with Gasteiger partial charge in [-0.1, -0.05) is 13.3 Å². The van der Waals surface area contributed by atoms with E-state index >= 15 is 0 Å². The Hall–Kier alpha value is -1.06. The molecular weight excluding hydrogens is 196 g/mol. The van der Waals surface area contributed by atoms with Crippen molar-refractivity contribution in [3.05, 3.63) is 0 Å². The molecule has 1 saturated carbocycles. The first-order chi connectivity index (χ1) is 7.06. The van der Waals surface area contributed by atoms with E-state index in [9.17, 15) is 9.59 Å². The first kappa shape index (κ1) is 12.0. The van der Waals surface area contributed by atoms with E-state index in [-0.39, 0.29) is 17.8 Å². The van der Waals surface area contributed by atoms with Gasteiger partial charge in [-0.25, -0.2) is 0 Å². The minimum absolute atomic E-state index is 0.0438. The summed E-state index contributed by atoms with van der Waals surface area (Å²) in [6.07, 6.45) is 3.28. The van der Waals surface area contributed by atoms with Gasteiger partial charge in [0, 0.05) is 0 Å². The molecule has 1 aliphatic carbocycles. The maximum Gasteiger partial charge on any atom is 0.306 e. The van der Waals surface area contributed by atoms with Crippen molar-refractivity contribution in [1.29, 1.82) is 0 Å². The van der Waals surface area contributed by atoms with Crippen molar-refractivity contribution in [3.8, 4) is 0 Å². The fourth-order valence-electron chi connectivity index (χ4n) is 2.50. The first-order valence-corrected chi connectivity index (χ1v) is 5.51. The highest BCUT2D eigenvalue weighted by molar-refractivity contribution is 5.73. The topological polar surface area (TPSA) is 74.6 Å². The maximum absolute atomic E-state index is 11.0. The molecular formula is C11H18O4. The van der Waals surface area contributed by atoms with Gasteiger partial charge in [0.25, 0.3) is 0 Å². The van der Waals surface area contributed by atoms with Gasteiger partial charge in [0.1, 0.15) is 0 Å². The SMILES string of the molecule is CCCC1CC(C(=O)O)CCC1C(=O)O. The van der Waals surface area contributed by atoms with E-state index in [0.29, 0.717) is 19.3 Å². The third kappa shape index (κ3) is 2.94. The molecule has 1 aliphatic rings. The van der Waals surface area contributed by atoms with E-state index < -0.39 is 11.9 Å². The summed E-state index contributed by atoms with van der Waals surface area (Å²) in [5.41, 5.74) is 0. The molecule has 4 heteroatoms. The number of carboxylic acids is 2. The zero-order chi connectivity index (χ0) is 11.4. The molecule has 1 fully saturated rings. The molecule has 4 nitrogen and oxygen atoms in total. The van der Waals surface area contributed by atoms with Crippen molar-refractivity contribution in [2.24, 2.45) is 17.8 Å². The van der Waals surface area contributed by atoms with Crippen LogP contribution < -0.4 is 0 Å². The van der Waals surface area contributed by atoms with E-state index in [1.54, 1.807) is 0 Å². The normalized spacial score (nSPS) is 31.1. The molecule has 0 spiro atoms. The molecule has 0 bridgehead atoms. The minimum atomic E-state index is -0.778. The molecule has 2 N–H and O–H groups in total. The average Bonchev–Trinajstić information content (AvgIpc) is 2.17. The Morgan fingerprint density at radius 3 is 2.33 bits per heavy atom. The van der Waals surface area contributed by atoms with Crippen molar-refractivity contribution in [1.82, 2.24) is 0 Å². The zero-order valence-electron chi connectivity index (χ0n) is 8.98. The fourth-order valence-corrected chi connectivity index (χ4v) is 2.50. The van der Waals surface area contributed by atoms with Crippen LogP contribution in [0.3, 0.4) is 0 Å². The molecule has 3 unspecified atom stereocenters. The summed E-state index contributed by atoms with van der Waals surface area (Å²) in [5.74, 6) is -2.17. The number of hydrogen-bond donors (Lipinski definition) is 2. The fraction of sp³-hybridized carbons (Fsp3) is 0.818. The second-order valence-corrected chi connectivity index (χ2v) is 4.34. The van der Waals surface area contributed by atoms with Crippen LogP contribution in [0.5, 0.6) is 0 Å². The first-order valence-electron chi connectivity index (χ1n) is 5.51. The van der Waals surface area contributed by atoms with Gasteiger partial charge in [0.15, 0.2) is 0 Å². The average molecular weight is 214 g/mol. The molecule has 0 amide bonds. The Morgan fingerprint density at radius 2 is 1.87 bits per heavy atom. The quantitative estimate of drug-likeness (QED) is 0.750. The molecule has 0 heterocycles. The van der Waals surface area contributed by atoms with E-state index in [2.05, 4.69) is 0 Å².